The molecule has 0 saturated carbocycles. The molecule has 0 spiro atoms. The predicted octanol–water partition coefficient (Wildman–Crippen LogP) is 4.22. The number of benzene rings is 2. The van der Waals surface area contributed by atoms with Crippen molar-refractivity contribution in [3.63, 3.8) is 0 Å². The first-order valence-electron chi connectivity index (χ1n) is 11.4. The Morgan fingerprint density at radius 2 is 1.69 bits per heavy atom. The van der Waals surface area contributed by atoms with Crippen LogP contribution in [0.15, 0.2) is 53.6 Å². The number of aliphatic hydroxyl groups is 2. The molecule has 0 bridgehead atoms. The summed E-state index contributed by atoms with van der Waals surface area (Å²) in [6.45, 7) is 1.25. The summed E-state index contributed by atoms with van der Waals surface area (Å²) in [6.07, 6.45) is -1.34. The molecule has 2 heterocycles. The van der Waals surface area contributed by atoms with Crippen LogP contribution in [0.4, 0.5) is 23.2 Å². The molecule has 2 N–H and O–H groups in total. The first-order chi connectivity index (χ1) is 16.4. The van der Waals surface area contributed by atoms with Gasteiger partial charge in [-0.25, -0.2) is 4.39 Å². The molecule has 4 rings (SSSR count). The zero-order valence-corrected chi connectivity index (χ0v) is 19.2. The highest BCUT2D eigenvalue weighted by Crippen LogP contribution is 2.38. The van der Waals surface area contributed by atoms with Crippen LogP contribution in [-0.4, -0.2) is 58.1 Å². The molecule has 1 saturated heterocycles. The van der Waals surface area contributed by atoms with Crippen molar-refractivity contribution < 1.29 is 32.6 Å². The maximum atomic E-state index is 13.3. The zero-order valence-electron chi connectivity index (χ0n) is 19.2. The Morgan fingerprint density at radius 1 is 1.09 bits per heavy atom. The fraction of sp³-hybridized carbons (Fsp3) is 0.440. The predicted molar refractivity (Wildman–Crippen MR) is 123 cm³/mol. The molecular formula is C25H27F4N3O3. The van der Waals surface area contributed by atoms with E-state index in [1.807, 2.05) is 0 Å². The first kappa shape index (κ1) is 25.1. The topological polar surface area (TPSA) is 76.4 Å². The van der Waals surface area contributed by atoms with Crippen molar-refractivity contribution in [1.29, 1.82) is 0 Å². The van der Waals surface area contributed by atoms with Crippen molar-refractivity contribution in [3.8, 4) is 0 Å². The summed E-state index contributed by atoms with van der Waals surface area (Å²) in [5.74, 6) is -0.688. The summed E-state index contributed by atoms with van der Waals surface area (Å²) in [6, 6.07) is 10.6. The lowest BCUT2D eigenvalue weighted by atomic mass is 9.84. The lowest BCUT2D eigenvalue weighted by Gasteiger charge is -2.40. The van der Waals surface area contributed by atoms with Crippen molar-refractivity contribution in [1.82, 2.24) is 4.90 Å². The van der Waals surface area contributed by atoms with E-state index in [9.17, 15) is 32.6 Å². The van der Waals surface area contributed by atoms with Crippen LogP contribution >= 0.6 is 0 Å². The number of piperidine rings is 1. The molecule has 0 radical (unpaired) electrons. The molecule has 0 aliphatic carbocycles. The number of likely N-dealkylation sites (tertiary alicyclic amines) is 1. The van der Waals surface area contributed by atoms with Gasteiger partial charge in [0.05, 0.1) is 17.3 Å². The number of carbonyl (C=O) groups excluding carboxylic acids is 1. The van der Waals surface area contributed by atoms with E-state index in [0.29, 0.717) is 45.7 Å². The fourth-order valence-corrected chi connectivity index (χ4v) is 4.54. The second-order valence-electron chi connectivity index (χ2n) is 9.38. The van der Waals surface area contributed by atoms with Gasteiger partial charge in [-0.3, -0.25) is 9.80 Å². The molecule has 2 aliphatic rings. The smallest absolute Gasteiger partial charge is 0.390 e. The Kier molecular flexibility index (Phi) is 6.63. The molecule has 2 aromatic carbocycles. The molecule has 2 aliphatic heterocycles. The van der Waals surface area contributed by atoms with E-state index in [0.717, 1.165) is 17.8 Å². The lowest BCUT2D eigenvalue weighted by Crippen LogP contribution is -2.49. The van der Waals surface area contributed by atoms with E-state index in [-0.39, 0.29) is 28.9 Å². The summed E-state index contributed by atoms with van der Waals surface area (Å²) in [5.41, 5.74) is -3.43. The van der Waals surface area contributed by atoms with Crippen molar-refractivity contribution in [2.75, 3.05) is 18.1 Å². The van der Waals surface area contributed by atoms with Crippen LogP contribution in [0.25, 0.3) is 0 Å². The maximum Gasteiger partial charge on any atom is 0.421 e. The molecule has 188 valence electrons. The number of nitrogens with zero attached hydrogens (tertiary/aromatic N) is 3. The molecule has 2 aromatic rings. The number of rotatable bonds is 5. The fourth-order valence-electron chi connectivity index (χ4n) is 4.54. The van der Waals surface area contributed by atoms with Gasteiger partial charge in [-0.1, -0.05) is 12.1 Å². The number of hydrogen-bond acceptors (Lipinski definition) is 5. The molecule has 35 heavy (non-hydrogen) atoms. The summed E-state index contributed by atoms with van der Waals surface area (Å²) in [4.78, 5) is 14.4. The molecule has 0 aromatic heterocycles. The molecular weight excluding hydrogens is 466 g/mol. The van der Waals surface area contributed by atoms with Gasteiger partial charge in [0, 0.05) is 31.3 Å². The first-order valence-corrected chi connectivity index (χ1v) is 11.4. The van der Waals surface area contributed by atoms with E-state index in [2.05, 4.69) is 5.10 Å². The van der Waals surface area contributed by atoms with Gasteiger partial charge in [0.15, 0.2) is 5.60 Å². The largest absolute Gasteiger partial charge is 0.421 e. The second kappa shape index (κ2) is 9.23. The SMILES string of the molecule is CC(O)(c1ccc(C(=O)N2CCC(O)(CC3CC=NN3c3ccc(F)cc3)CC2)cc1)C(F)(F)F. The molecule has 2 atom stereocenters. The lowest BCUT2D eigenvalue weighted by molar-refractivity contribution is -0.258. The van der Waals surface area contributed by atoms with Gasteiger partial charge in [-0.15, -0.1) is 0 Å². The Bertz CT molecular complexity index is 1080. The highest BCUT2D eigenvalue weighted by atomic mass is 19.4. The third kappa shape index (κ3) is 5.18. The minimum absolute atomic E-state index is 0.0957. The van der Waals surface area contributed by atoms with Gasteiger partial charge in [0.25, 0.3) is 5.91 Å². The van der Waals surface area contributed by atoms with Crippen LogP contribution in [-0.2, 0) is 5.60 Å². The van der Waals surface area contributed by atoms with Crippen molar-refractivity contribution in [2.24, 2.45) is 5.10 Å². The van der Waals surface area contributed by atoms with E-state index in [4.69, 9.17) is 0 Å². The summed E-state index contributed by atoms with van der Waals surface area (Å²) in [5, 5.41) is 27.1. The van der Waals surface area contributed by atoms with E-state index in [1.165, 1.54) is 24.3 Å². The standard InChI is InChI=1S/C25H27F4N3O3/c1-23(34,25(27,28)29)18-4-2-17(3-5-18)22(33)31-14-11-24(35,12-15-31)16-21-10-13-30-32(21)20-8-6-19(26)7-9-20/h2-9,13,21,34-35H,10-12,14-16H2,1H3. The normalized spacial score (nSPS) is 21.7. The number of hydrogen-bond donors (Lipinski definition) is 2. The molecule has 2 unspecified atom stereocenters. The maximum absolute atomic E-state index is 13.3. The number of carbonyl (C=O) groups is 1. The van der Waals surface area contributed by atoms with Crippen molar-refractivity contribution >= 4 is 17.8 Å². The zero-order chi connectivity index (χ0) is 25.4. The Hall–Kier alpha value is -2.98. The van der Waals surface area contributed by atoms with Gasteiger partial charge >= 0.3 is 6.18 Å². The highest BCUT2D eigenvalue weighted by molar-refractivity contribution is 5.94. The highest BCUT2D eigenvalue weighted by Gasteiger charge is 2.51. The molecule has 1 amide bonds. The summed E-state index contributed by atoms with van der Waals surface area (Å²) >= 11 is 0. The Morgan fingerprint density at radius 3 is 2.26 bits per heavy atom. The number of amides is 1. The quantitative estimate of drug-likeness (QED) is 0.612. The van der Waals surface area contributed by atoms with Crippen LogP contribution in [0.5, 0.6) is 0 Å². The van der Waals surface area contributed by atoms with Crippen LogP contribution in [0.2, 0.25) is 0 Å². The van der Waals surface area contributed by atoms with E-state index >= 15 is 0 Å². The number of halogens is 4. The van der Waals surface area contributed by atoms with Crippen LogP contribution in [0.1, 0.15) is 48.5 Å². The average molecular weight is 494 g/mol. The summed E-state index contributed by atoms with van der Waals surface area (Å²) < 4.78 is 52.4. The monoisotopic (exact) mass is 493 g/mol. The minimum atomic E-state index is -4.84. The van der Waals surface area contributed by atoms with Gasteiger partial charge in [0.1, 0.15) is 5.82 Å². The van der Waals surface area contributed by atoms with Gasteiger partial charge < -0.3 is 15.1 Å². The third-order valence-corrected chi connectivity index (χ3v) is 6.86. The molecule has 1 fully saturated rings. The van der Waals surface area contributed by atoms with Crippen LogP contribution < -0.4 is 5.01 Å². The molecule has 10 heteroatoms. The average Bonchev–Trinajstić information content (AvgIpc) is 3.26. The third-order valence-electron chi connectivity index (χ3n) is 6.86. The van der Waals surface area contributed by atoms with Crippen LogP contribution in [0.3, 0.4) is 0 Å². The molecule has 6 nitrogen and oxygen atoms in total. The number of anilines is 1. The van der Waals surface area contributed by atoms with Crippen molar-refractivity contribution in [2.45, 2.75) is 56.0 Å². The van der Waals surface area contributed by atoms with Crippen molar-refractivity contribution in [3.05, 3.63) is 65.5 Å². The minimum Gasteiger partial charge on any atom is -0.390 e. The van der Waals surface area contributed by atoms with Gasteiger partial charge in [-0.05, 0) is 68.1 Å². The van der Waals surface area contributed by atoms with E-state index < -0.39 is 17.4 Å². The second-order valence-corrected chi connectivity index (χ2v) is 9.38. The van der Waals surface area contributed by atoms with Gasteiger partial charge in [0.2, 0.25) is 0 Å². The Balaban J connectivity index is 1.36. The number of hydrazone groups is 1. The van der Waals surface area contributed by atoms with Gasteiger partial charge in [-0.2, -0.15) is 18.3 Å². The summed E-state index contributed by atoms with van der Waals surface area (Å²) in [7, 11) is 0. The Labute approximate surface area is 200 Å². The van der Waals surface area contributed by atoms with E-state index in [1.54, 1.807) is 28.3 Å². The number of alkyl halides is 3. The van der Waals surface area contributed by atoms with Crippen LogP contribution in [0, 0.1) is 5.82 Å².